The van der Waals surface area contributed by atoms with Crippen molar-refractivity contribution in [3.63, 3.8) is 0 Å². The molecule has 0 radical (unpaired) electrons. The van der Waals surface area contributed by atoms with Crippen molar-refractivity contribution < 1.29 is 4.74 Å². The summed E-state index contributed by atoms with van der Waals surface area (Å²) in [5.74, 6) is 0.594. The molecule has 0 saturated heterocycles. The Kier molecular flexibility index (Phi) is 3.30. The molecule has 0 aliphatic heterocycles. The molecule has 1 aromatic heterocycles. The third kappa shape index (κ3) is 2.33. The highest BCUT2D eigenvalue weighted by Crippen LogP contribution is 2.30. The molecular formula is C13H12N4O. The number of rotatable bonds is 3. The van der Waals surface area contributed by atoms with Gasteiger partial charge in [-0.05, 0) is 18.2 Å². The number of nitriles is 1. The number of nitrogen functional groups attached to an aromatic ring is 1. The monoisotopic (exact) mass is 240 g/mol. The van der Waals surface area contributed by atoms with Crippen molar-refractivity contribution >= 4 is 17.1 Å². The topological polar surface area (TPSA) is 84.0 Å². The number of hydrogen-bond acceptors (Lipinski definition) is 5. The van der Waals surface area contributed by atoms with Crippen molar-refractivity contribution in [3.05, 3.63) is 42.2 Å². The van der Waals surface area contributed by atoms with E-state index >= 15 is 0 Å². The molecule has 0 spiro atoms. The second kappa shape index (κ2) is 5.06. The summed E-state index contributed by atoms with van der Waals surface area (Å²) in [5, 5.41) is 12.2. The fourth-order valence-electron chi connectivity index (χ4n) is 1.59. The lowest BCUT2D eigenvalue weighted by molar-refractivity contribution is 0.416. The lowest BCUT2D eigenvalue weighted by atomic mass is 10.1. The Balaban J connectivity index is 2.42. The molecule has 0 fully saturated rings. The number of hydrogen-bond donors (Lipinski definition) is 2. The van der Waals surface area contributed by atoms with Crippen molar-refractivity contribution in [2.24, 2.45) is 0 Å². The Hall–Kier alpha value is -2.74. The highest BCUT2D eigenvalue weighted by molar-refractivity contribution is 5.73. The predicted octanol–water partition coefficient (Wildman–Crippen LogP) is 2.29. The summed E-state index contributed by atoms with van der Waals surface area (Å²) in [4.78, 5) is 3.98. The van der Waals surface area contributed by atoms with Crippen LogP contribution in [0.15, 0.2) is 36.7 Å². The van der Waals surface area contributed by atoms with Gasteiger partial charge in [-0.25, -0.2) is 0 Å². The summed E-state index contributed by atoms with van der Waals surface area (Å²) in [7, 11) is 1.55. The first-order valence-electron chi connectivity index (χ1n) is 5.29. The van der Waals surface area contributed by atoms with E-state index in [4.69, 9.17) is 15.7 Å². The van der Waals surface area contributed by atoms with Crippen LogP contribution in [0.1, 0.15) is 5.56 Å². The number of pyridine rings is 1. The Morgan fingerprint density at radius 1 is 1.39 bits per heavy atom. The number of methoxy groups -OCH3 is 1. The first-order chi connectivity index (χ1) is 8.74. The van der Waals surface area contributed by atoms with Gasteiger partial charge in [0.05, 0.1) is 35.9 Å². The van der Waals surface area contributed by atoms with Crippen LogP contribution in [-0.2, 0) is 0 Å². The van der Waals surface area contributed by atoms with Crippen LogP contribution in [0.25, 0.3) is 0 Å². The number of aromatic nitrogens is 1. The summed E-state index contributed by atoms with van der Waals surface area (Å²) < 4.78 is 5.23. The third-order valence-corrected chi connectivity index (χ3v) is 2.40. The first kappa shape index (κ1) is 11.7. The Bertz CT molecular complexity index is 604. The maximum absolute atomic E-state index is 9.09. The van der Waals surface area contributed by atoms with Gasteiger partial charge in [0, 0.05) is 6.20 Å². The zero-order valence-electron chi connectivity index (χ0n) is 9.84. The Morgan fingerprint density at radius 3 is 2.89 bits per heavy atom. The van der Waals surface area contributed by atoms with E-state index in [-0.39, 0.29) is 0 Å². The number of nitrogens with zero attached hydrogens (tertiary/aromatic N) is 2. The summed E-state index contributed by atoms with van der Waals surface area (Å²) in [6.07, 6.45) is 3.18. The molecule has 90 valence electrons. The third-order valence-electron chi connectivity index (χ3n) is 2.40. The molecule has 0 amide bonds. The van der Waals surface area contributed by atoms with E-state index < -0.39 is 0 Å². The second-order valence-corrected chi connectivity index (χ2v) is 3.63. The van der Waals surface area contributed by atoms with E-state index in [1.165, 1.54) is 0 Å². The maximum Gasteiger partial charge on any atom is 0.143 e. The molecule has 0 saturated carbocycles. The molecule has 3 N–H and O–H groups in total. The molecule has 1 aromatic carbocycles. The van der Waals surface area contributed by atoms with E-state index in [1.807, 2.05) is 0 Å². The number of nitrogens with two attached hydrogens (primary N) is 1. The van der Waals surface area contributed by atoms with E-state index in [1.54, 1.807) is 43.8 Å². The van der Waals surface area contributed by atoms with Gasteiger partial charge < -0.3 is 15.8 Å². The lowest BCUT2D eigenvalue weighted by Gasteiger charge is -2.12. The molecule has 0 aliphatic carbocycles. The van der Waals surface area contributed by atoms with Crippen LogP contribution >= 0.6 is 0 Å². The minimum atomic E-state index is 0.497. The fourth-order valence-corrected chi connectivity index (χ4v) is 1.59. The molecule has 5 heteroatoms. The molecule has 0 bridgehead atoms. The normalized spacial score (nSPS) is 9.56. The Labute approximate surface area is 105 Å². The SMILES string of the molecule is COc1cccc(C#N)c1Nc1cncc(N)c1. The zero-order chi connectivity index (χ0) is 13.0. The van der Waals surface area contributed by atoms with Gasteiger partial charge >= 0.3 is 0 Å². The largest absolute Gasteiger partial charge is 0.495 e. The molecule has 0 atom stereocenters. The van der Waals surface area contributed by atoms with Gasteiger partial charge in [0.15, 0.2) is 0 Å². The summed E-state index contributed by atoms with van der Waals surface area (Å²) in [6.45, 7) is 0. The van der Waals surface area contributed by atoms with E-state index in [0.29, 0.717) is 28.4 Å². The van der Waals surface area contributed by atoms with Crippen molar-refractivity contribution in [2.75, 3.05) is 18.2 Å². The molecule has 0 aliphatic rings. The standard InChI is InChI=1S/C13H12N4O/c1-18-12-4-2-3-9(6-14)13(12)17-11-5-10(15)7-16-8-11/h2-5,7-8,17H,15H2,1H3. The van der Waals surface area contributed by atoms with E-state index in [0.717, 1.165) is 0 Å². The fraction of sp³-hybridized carbons (Fsp3) is 0.0769. The molecule has 2 aromatic rings. The summed E-state index contributed by atoms with van der Waals surface area (Å²) in [5.41, 5.74) is 8.01. The average molecular weight is 240 g/mol. The van der Waals surface area contributed by atoms with Gasteiger partial charge in [0.25, 0.3) is 0 Å². The highest BCUT2D eigenvalue weighted by Gasteiger charge is 2.09. The van der Waals surface area contributed by atoms with Gasteiger partial charge in [-0.15, -0.1) is 0 Å². The van der Waals surface area contributed by atoms with Crippen LogP contribution in [0.3, 0.4) is 0 Å². The zero-order valence-corrected chi connectivity index (χ0v) is 9.84. The number of ether oxygens (including phenoxy) is 1. The van der Waals surface area contributed by atoms with Crippen LogP contribution < -0.4 is 15.8 Å². The van der Waals surface area contributed by atoms with Gasteiger partial charge in [0.1, 0.15) is 11.8 Å². The van der Waals surface area contributed by atoms with Crippen LogP contribution in [0.4, 0.5) is 17.1 Å². The number of para-hydroxylation sites is 1. The number of benzene rings is 1. The minimum absolute atomic E-state index is 0.497. The second-order valence-electron chi connectivity index (χ2n) is 3.63. The van der Waals surface area contributed by atoms with Gasteiger partial charge in [0.2, 0.25) is 0 Å². The maximum atomic E-state index is 9.09. The highest BCUT2D eigenvalue weighted by atomic mass is 16.5. The van der Waals surface area contributed by atoms with E-state index in [2.05, 4.69) is 16.4 Å². The van der Waals surface area contributed by atoms with Crippen LogP contribution in [-0.4, -0.2) is 12.1 Å². The van der Waals surface area contributed by atoms with Gasteiger partial charge in [-0.3, -0.25) is 4.98 Å². The quantitative estimate of drug-likeness (QED) is 0.859. The molecule has 5 nitrogen and oxygen atoms in total. The average Bonchev–Trinajstić information content (AvgIpc) is 2.39. The first-order valence-corrected chi connectivity index (χ1v) is 5.29. The van der Waals surface area contributed by atoms with Crippen LogP contribution in [0.2, 0.25) is 0 Å². The molecule has 2 rings (SSSR count). The lowest BCUT2D eigenvalue weighted by Crippen LogP contribution is -1.98. The van der Waals surface area contributed by atoms with Crippen LogP contribution in [0, 0.1) is 11.3 Å². The number of nitrogens with one attached hydrogen (secondary N) is 1. The smallest absolute Gasteiger partial charge is 0.143 e. The summed E-state index contributed by atoms with van der Waals surface area (Å²) >= 11 is 0. The van der Waals surface area contributed by atoms with Crippen molar-refractivity contribution in [1.82, 2.24) is 4.98 Å². The van der Waals surface area contributed by atoms with Gasteiger partial charge in [-0.2, -0.15) is 5.26 Å². The van der Waals surface area contributed by atoms with Crippen molar-refractivity contribution in [2.45, 2.75) is 0 Å². The van der Waals surface area contributed by atoms with Crippen LogP contribution in [0.5, 0.6) is 5.75 Å². The molecular weight excluding hydrogens is 228 g/mol. The Morgan fingerprint density at radius 2 is 2.22 bits per heavy atom. The van der Waals surface area contributed by atoms with E-state index in [9.17, 15) is 0 Å². The summed E-state index contributed by atoms with van der Waals surface area (Å²) in [6, 6.07) is 9.11. The predicted molar refractivity (Wildman–Crippen MR) is 69.6 cm³/mol. The molecule has 18 heavy (non-hydrogen) atoms. The molecule has 1 heterocycles. The minimum Gasteiger partial charge on any atom is -0.495 e. The van der Waals surface area contributed by atoms with Crippen molar-refractivity contribution in [1.29, 1.82) is 5.26 Å². The van der Waals surface area contributed by atoms with Crippen molar-refractivity contribution in [3.8, 4) is 11.8 Å². The molecule has 0 unspecified atom stereocenters. The van der Waals surface area contributed by atoms with Gasteiger partial charge in [-0.1, -0.05) is 6.07 Å². The number of anilines is 3.